The molecule has 1 aromatic carbocycles. The number of rotatable bonds is 5. The molecule has 1 aliphatic carbocycles. The van der Waals surface area contributed by atoms with E-state index in [9.17, 15) is 18.8 Å². The molecule has 0 bridgehead atoms. The van der Waals surface area contributed by atoms with Gasteiger partial charge in [0.1, 0.15) is 12.4 Å². The zero-order valence-electron chi connectivity index (χ0n) is 14.9. The maximum absolute atomic E-state index is 13.1. The fraction of sp³-hybridized carbons (Fsp3) is 0.450. The topological polar surface area (TPSA) is 66.5 Å². The molecule has 1 aliphatic heterocycles. The zero-order valence-corrected chi connectivity index (χ0v) is 14.9. The summed E-state index contributed by atoms with van der Waals surface area (Å²) >= 11 is 0. The van der Waals surface area contributed by atoms with E-state index in [1.54, 1.807) is 12.1 Å². The van der Waals surface area contributed by atoms with E-state index in [4.69, 9.17) is 0 Å². The van der Waals surface area contributed by atoms with Crippen molar-refractivity contribution in [3.8, 4) is 0 Å². The van der Waals surface area contributed by atoms with E-state index in [2.05, 4.69) is 5.32 Å². The average molecular weight is 358 g/mol. The van der Waals surface area contributed by atoms with Crippen LogP contribution in [0.4, 0.5) is 4.39 Å². The van der Waals surface area contributed by atoms with Crippen LogP contribution >= 0.6 is 0 Å². The van der Waals surface area contributed by atoms with E-state index in [0.29, 0.717) is 12.8 Å². The Morgan fingerprint density at radius 1 is 1.12 bits per heavy atom. The van der Waals surface area contributed by atoms with E-state index in [-0.39, 0.29) is 53.9 Å². The van der Waals surface area contributed by atoms with Crippen LogP contribution in [0.15, 0.2) is 36.4 Å². The molecule has 3 amide bonds. The van der Waals surface area contributed by atoms with Crippen LogP contribution < -0.4 is 5.32 Å². The Morgan fingerprint density at radius 2 is 1.65 bits per heavy atom. The van der Waals surface area contributed by atoms with E-state index in [0.717, 1.165) is 10.5 Å². The van der Waals surface area contributed by atoms with Crippen molar-refractivity contribution < 1.29 is 18.8 Å². The van der Waals surface area contributed by atoms with Crippen LogP contribution in [-0.2, 0) is 14.4 Å². The summed E-state index contributed by atoms with van der Waals surface area (Å²) < 4.78 is 13.1. The van der Waals surface area contributed by atoms with Gasteiger partial charge in [-0.15, -0.1) is 0 Å². The quantitative estimate of drug-likeness (QED) is 0.650. The van der Waals surface area contributed by atoms with Gasteiger partial charge < -0.3 is 5.32 Å². The minimum atomic E-state index is -0.388. The van der Waals surface area contributed by atoms with Gasteiger partial charge in [-0.3, -0.25) is 19.3 Å². The van der Waals surface area contributed by atoms with Crippen LogP contribution in [0.3, 0.4) is 0 Å². The predicted molar refractivity (Wildman–Crippen MR) is 94.2 cm³/mol. The first-order chi connectivity index (χ1) is 12.4. The molecule has 2 aliphatic rings. The summed E-state index contributed by atoms with van der Waals surface area (Å²) in [7, 11) is 0. The number of fused-ring (bicyclic) bond motifs is 1. The molecule has 6 heteroatoms. The van der Waals surface area contributed by atoms with E-state index in [1.165, 1.54) is 12.1 Å². The van der Waals surface area contributed by atoms with Crippen LogP contribution in [0.25, 0.3) is 0 Å². The van der Waals surface area contributed by atoms with Crippen LogP contribution in [0.2, 0.25) is 0 Å². The number of nitrogens with one attached hydrogen (secondary N) is 1. The molecule has 3 rings (SSSR count). The Morgan fingerprint density at radius 3 is 2.15 bits per heavy atom. The molecule has 0 unspecified atom stereocenters. The number of nitrogens with zero attached hydrogens (tertiary/aromatic N) is 1. The molecule has 5 nitrogen and oxygen atoms in total. The number of allylic oxidation sites excluding steroid dienone is 2. The van der Waals surface area contributed by atoms with Crippen molar-refractivity contribution in [3.05, 3.63) is 47.8 Å². The molecule has 0 aromatic heterocycles. The van der Waals surface area contributed by atoms with Gasteiger partial charge >= 0.3 is 0 Å². The van der Waals surface area contributed by atoms with Gasteiger partial charge in [0.05, 0.1) is 17.9 Å². The first kappa shape index (κ1) is 18.3. The largest absolute Gasteiger partial charge is 0.347 e. The highest BCUT2D eigenvalue weighted by Gasteiger charge is 2.47. The number of carbonyl (C=O) groups excluding carboxylic acids is 3. The van der Waals surface area contributed by atoms with Gasteiger partial charge in [-0.2, -0.15) is 0 Å². The Labute approximate surface area is 152 Å². The molecule has 1 N–H and O–H groups in total. The highest BCUT2D eigenvalue weighted by molar-refractivity contribution is 6.07. The van der Waals surface area contributed by atoms with Crippen molar-refractivity contribution >= 4 is 17.7 Å². The number of carbonyl (C=O) groups is 3. The fourth-order valence-corrected chi connectivity index (χ4v) is 3.69. The average Bonchev–Trinajstić information content (AvgIpc) is 2.86. The first-order valence-corrected chi connectivity index (χ1v) is 8.93. The Hall–Kier alpha value is -2.50. The molecule has 0 saturated carbocycles. The zero-order chi connectivity index (χ0) is 18.8. The van der Waals surface area contributed by atoms with Crippen molar-refractivity contribution in [2.45, 2.75) is 32.7 Å². The summed E-state index contributed by atoms with van der Waals surface area (Å²) in [6.45, 7) is 3.62. The van der Waals surface area contributed by atoms with Gasteiger partial charge in [-0.1, -0.05) is 38.1 Å². The first-order valence-electron chi connectivity index (χ1n) is 8.93. The SMILES string of the molecule is CC(C)[C@H](NC(=O)CN1C(=O)[C@H]2CC=CC[C@H]2C1=O)c1ccc(F)cc1. The second kappa shape index (κ2) is 7.40. The molecule has 26 heavy (non-hydrogen) atoms. The monoisotopic (exact) mass is 358 g/mol. The molecular formula is C20H23FN2O3. The third-order valence-corrected chi connectivity index (χ3v) is 5.11. The van der Waals surface area contributed by atoms with Crippen molar-refractivity contribution in [3.63, 3.8) is 0 Å². The van der Waals surface area contributed by atoms with Crippen LogP contribution in [-0.4, -0.2) is 29.2 Å². The summed E-state index contributed by atoms with van der Waals surface area (Å²) in [4.78, 5) is 38.5. The molecule has 0 spiro atoms. The summed E-state index contributed by atoms with van der Waals surface area (Å²) in [5.41, 5.74) is 0.784. The fourth-order valence-electron chi connectivity index (χ4n) is 3.69. The highest BCUT2D eigenvalue weighted by atomic mass is 19.1. The molecule has 1 saturated heterocycles. The Balaban J connectivity index is 1.68. The number of benzene rings is 1. The van der Waals surface area contributed by atoms with Gasteiger partial charge in [-0.25, -0.2) is 4.39 Å². The summed E-state index contributed by atoms with van der Waals surface area (Å²) in [5, 5.41) is 2.88. The van der Waals surface area contributed by atoms with Gasteiger partial charge in [0.15, 0.2) is 0 Å². The number of likely N-dealkylation sites (tertiary alicyclic amines) is 1. The summed E-state index contributed by atoms with van der Waals surface area (Å²) in [5.74, 6) is -1.85. The third kappa shape index (κ3) is 3.54. The summed E-state index contributed by atoms with van der Waals surface area (Å²) in [6, 6.07) is 5.64. The van der Waals surface area contributed by atoms with Crippen LogP contribution in [0, 0.1) is 23.6 Å². The number of halogens is 1. The van der Waals surface area contributed by atoms with Gasteiger partial charge in [0.25, 0.3) is 0 Å². The molecule has 1 heterocycles. The molecular weight excluding hydrogens is 335 g/mol. The lowest BCUT2D eigenvalue weighted by atomic mass is 9.85. The maximum Gasteiger partial charge on any atom is 0.240 e. The Bertz CT molecular complexity index is 716. The number of hydrogen-bond acceptors (Lipinski definition) is 3. The molecule has 3 atom stereocenters. The summed E-state index contributed by atoms with van der Waals surface area (Å²) in [6.07, 6.45) is 4.94. The van der Waals surface area contributed by atoms with Crippen LogP contribution in [0.5, 0.6) is 0 Å². The lowest BCUT2D eigenvalue weighted by molar-refractivity contribution is -0.143. The normalized spacial score (nSPS) is 23.3. The smallest absolute Gasteiger partial charge is 0.240 e. The minimum absolute atomic E-state index is 0.0705. The molecule has 1 fully saturated rings. The van der Waals surface area contributed by atoms with E-state index in [1.807, 2.05) is 26.0 Å². The lowest BCUT2D eigenvalue weighted by Crippen LogP contribution is -2.43. The molecule has 1 aromatic rings. The highest BCUT2D eigenvalue weighted by Crippen LogP contribution is 2.34. The van der Waals surface area contributed by atoms with Gasteiger partial charge in [0, 0.05) is 0 Å². The molecule has 0 radical (unpaired) electrons. The standard InChI is InChI=1S/C20H23FN2O3/c1-12(2)18(13-7-9-14(21)10-8-13)22-17(24)11-23-19(25)15-5-3-4-6-16(15)20(23)26/h3-4,7-10,12,15-16,18H,5-6,11H2,1-2H3,(H,22,24)/t15-,16+,18-/m0/s1. The second-order valence-electron chi connectivity index (χ2n) is 7.26. The predicted octanol–water partition coefficient (Wildman–Crippen LogP) is 2.59. The van der Waals surface area contributed by atoms with E-state index < -0.39 is 0 Å². The second-order valence-corrected chi connectivity index (χ2v) is 7.26. The maximum atomic E-state index is 13.1. The van der Waals surface area contributed by atoms with Crippen molar-refractivity contribution in [2.75, 3.05) is 6.54 Å². The van der Waals surface area contributed by atoms with Crippen LogP contribution in [0.1, 0.15) is 38.3 Å². The van der Waals surface area contributed by atoms with Crippen molar-refractivity contribution in [2.24, 2.45) is 17.8 Å². The lowest BCUT2D eigenvalue weighted by Gasteiger charge is -2.24. The van der Waals surface area contributed by atoms with Crippen molar-refractivity contribution in [1.82, 2.24) is 10.2 Å². The van der Waals surface area contributed by atoms with E-state index >= 15 is 0 Å². The number of amides is 3. The number of hydrogen-bond donors (Lipinski definition) is 1. The van der Waals surface area contributed by atoms with Crippen molar-refractivity contribution in [1.29, 1.82) is 0 Å². The third-order valence-electron chi connectivity index (χ3n) is 5.11. The minimum Gasteiger partial charge on any atom is -0.347 e. The molecule has 138 valence electrons. The van der Waals surface area contributed by atoms with Gasteiger partial charge in [-0.05, 0) is 36.5 Å². The van der Waals surface area contributed by atoms with Gasteiger partial charge in [0.2, 0.25) is 17.7 Å². The Kier molecular flexibility index (Phi) is 5.20. The number of imide groups is 1.